The molecule has 4 saturated carbocycles. The number of methoxy groups -OCH3 is 1. The van der Waals surface area contributed by atoms with Crippen LogP contribution in [0.25, 0.3) is 0 Å². The standard InChI is InChI=1S/C28H34N2O3/c1-33-18-21-4-2-3-20(9-21)17-29-26(31)25-7-5-19(6-8-25)16-30-27(32)28-13-22-10-23(14-28)12-24(11-22)15-28/h2-9,22-24H,10-18H2,1H3,(H,29,31)(H,30,32). The summed E-state index contributed by atoms with van der Waals surface area (Å²) in [6.45, 7) is 1.55. The quantitative estimate of drug-likeness (QED) is 0.623. The van der Waals surface area contributed by atoms with Gasteiger partial charge in [-0.3, -0.25) is 9.59 Å². The van der Waals surface area contributed by atoms with E-state index >= 15 is 0 Å². The van der Waals surface area contributed by atoms with Gasteiger partial charge < -0.3 is 15.4 Å². The summed E-state index contributed by atoms with van der Waals surface area (Å²) in [5.41, 5.74) is 3.66. The highest BCUT2D eigenvalue weighted by Crippen LogP contribution is 2.60. The Morgan fingerprint density at radius 2 is 1.45 bits per heavy atom. The second-order valence-electron chi connectivity index (χ2n) is 10.5. The van der Waals surface area contributed by atoms with E-state index < -0.39 is 0 Å². The molecule has 33 heavy (non-hydrogen) atoms. The number of amides is 2. The van der Waals surface area contributed by atoms with Crippen LogP contribution < -0.4 is 10.6 Å². The lowest BCUT2D eigenvalue weighted by Crippen LogP contribution is -2.53. The summed E-state index contributed by atoms with van der Waals surface area (Å²) in [7, 11) is 1.67. The van der Waals surface area contributed by atoms with Crippen molar-refractivity contribution in [3.05, 3.63) is 70.8 Å². The van der Waals surface area contributed by atoms with Gasteiger partial charge in [0.1, 0.15) is 0 Å². The summed E-state index contributed by atoms with van der Waals surface area (Å²) in [4.78, 5) is 25.7. The molecule has 0 aliphatic heterocycles. The lowest BCUT2D eigenvalue weighted by Gasteiger charge is -2.55. The van der Waals surface area contributed by atoms with Crippen molar-refractivity contribution in [3.63, 3.8) is 0 Å². The van der Waals surface area contributed by atoms with Crippen molar-refractivity contribution in [2.45, 2.75) is 58.2 Å². The van der Waals surface area contributed by atoms with Gasteiger partial charge in [0.2, 0.25) is 5.91 Å². The third-order valence-corrected chi connectivity index (χ3v) is 7.94. The number of carbonyl (C=O) groups excluding carboxylic acids is 2. The lowest BCUT2D eigenvalue weighted by atomic mass is 9.49. The fourth-order valence-corrected chi connectivity index (χ4v) is 6.81. The Hall–Kier alpha value is -2.66. The summed E-state index contributed by atoms with van der Waals surface area (Å²) in [6, 6.07) is 15.6. The Morgan fingerprint density at radius 3 is 2.09 bits per heavy atom. The van der Waals surface area contributed by atoms with Gasteiger partial charge in [-0.2, -0.15) is 0 Å². The number of rotatable bonds is 8. The molecule has 0 unspecified atom stereocenters. The molecule has 0 atom stereocenters. The summed E-state index contributed by atoms with van der Waals surface area (Å²) in [5.74, 6) is 2.45. The van der Waals surface area contributed by atoms with E-state index in [9.17, 15) is 9.59 Å². The van der Waals surface area contributed by atoms with Crippen LogP contribution in [0.15, 0.2) is 48.5 Å². The zero-order valence-corrected chi connectivity index (χ0v) is 19.4. The van der Waals surface area contributed by atoms with Gasteiger partial charge in [-0.05, 0) is 85.1 Å². The van der Waals surface area contributed by atoms with Gasteiger partial charge >= 0.3 is 0 Å². The van der Waals surface area contributed by atoms with E-state index in [4.69, 9.17) is 4.74 Å². The van der Waals surface area contributed by atoms with Crippen molar-refractivity contribution in [2.75, 3.05) is 7.11 Å². The Morgan fingerprint density at radius 1 is 0.848 bits per heavy atom. The first-order valence-corrected chi connectivity index (χ1v) is 12.3. The number of hydrogen-bond donors (Lipinski definition) is 2. The van der Waals surface area contributed by atoms with Gasteiger partial charge in [-0.25, -0.2) is 0 Å². The maximum Gasteiger partial charge on any atom is 0.251 e. The van der Waals surface area contributed by atoms with E-state index in [1.54, 1.807) is 7.11 Å². The van der Waals surface area contributed by atoms with Crippen LogP contribution in [-0.4, -0.2) is 18.9 Å². The second-order valence-corrected chi connectivity index (χ2v) is 10.5. The van der Waals surface area contributed by atoms with E-state index in [-0.39, 0.29) is 17.2 Å². The topological polar surface area (TPSA) is 67.4 Å². The van der Waals surface area contributed by atoms with E-state index in [1.807, 2.05) is 48.5 Å². The molecule has 0 aromatic heterocycles. The van der Waals surface area contributed by atoms with Crippen molar-refractivity contribution < 1.29 is 14.3 Å². The summed E-state index contributed by atoms with van der Waals surface area (Å²) in [5, 5.41) is 6.20. The van der Waals surface area contributed by atoms with Crippen LogP contribution >= 0.6 is 0 Å². The van der Waals surface area contributed by atoms with E-state index in [2.05, 4.69) is 10.6 Å². The largest absolute Gasteiger partial charge is 0.380 e. The van der Waals surface area contributed by atoms with E-state index in [1.165, 1.54) is 19.3 Å². The maximum atomic E-state index is 13.1. The SMILES string of the molecule is COCc1cccc(CNC(=O)c2ccc(CNC(=O)C34CC5CC(CC(C5)C3)C4)cc2)c1. The van der Waals surface area contributed by atoms with Crippen LogP contribution in [0, 0.1) is 23.2 Å². The first-order chi connectivity index (χ1) is 16.0. The average molecular weight is 447 g/mol. The fourth-order valence-electron chi connectivity index (χ4n) is 6.81. The number of ether oxygens (including phenoxy) is 1. The molecule has 4 aliphatic carbocycles. The van der Waals surface area contributed by atoms with Crippen molar-refractivity contribution >= 4 is 11.8 Å². The minimum Gasteiger partial charge on any atom is -0.380 e. The molecule has 0 radical (unpaired) electrons. The molecule has 4 bridgehead atoms. The maximum absolute atomic E-state index is 13.1. The number of nitrogens with one attached hydrogen (secondary N) is 2. The molecule has 5 heteroatoms. The van der Waals surface area contributed by atoms with Crippen LogP contribution in [0.5, 0.6) is 0 Å². The number of benzene rings is 2. The van der Waals surface area contributed by atoms with Crippen LogP contribution in [0.4, 0.5) is 0 Å². The van der Waals surface area contributed by atoms with Crippen molar-refractivity contribution in [3.8, 4) is 0 Å². The van der Waals surface area contributed by atoms with Gasteiger partial charge in [-0.15, -0.1) is 0 Å². The summed E-state index contributed by atoms with van der Waals surface area (Å²) < 4.78 is 5.17. The Bertz CT molecular complexity index is 979. The first-order valence-electron chi connectivity index (χ1n) is 12.3. The predicted octanol–water partition coefficient (Wildman–Crippen LogP) is 4.60. The number of hydrogen-bond acceptors (Lipinski definition) is 3. The molecule has 4 fully saturated rings. The predicted molar refractivity (Wildman–Crippen MR) is 127 cm³/mol. The lowest BCUT2D eigenvalue weighted by molar-refractivity contribution is -0.146. The highest BCUT2D eigenvalue weighted by atomic mass is 16.5. The zero-order valence-electron chi connectivity index (χ0n) is 19.4. The van der Waals surface area contributed by atoms with Gasteiger partial charge in [-0.1, -0.05) is 36.4 Å². The fraction of sp³-hybridized carbons (Fsp3) is 0.500. The Kier molecular flexibility index (Phi) is 6.24. The van der Waals surface area contributed by atoms with E-state index in [0.29, 0.717) is 25.3 Å². The summed E-state index contributed by atoms with van der Waals surface area (Å²) in [6.07, 6.45) is 7.27. The van der Waals surface area contributed by atoms with E-state index in [0.717, 1.165) is 53.7 Å². The molecule has 174 valence electrons. The van der Waals surface area contributed by atoms with Gasteiger partial charge in [0.05, 0.1) is 6.61 Å². The highest BCUT2D eigenvalue weighted by Gasteiger charge is 2.54. The van der Waals surface area contributed by atoms with Crippen LogP contribution in [0.1, 0.15) is 65.6 Å². The molecule has 6 rings (SSSR count). The van der Waals surface area contributed by atoms with Gasteiger partial charge in [0.15, 0.2) is 0 Å². The Labute approximate surface area is 196 Å². The second kappa shape index (κ2) is 9.30. The molecule has 5 nitrogen and oxygen atoms in total. The molecular weight excluding hydrogens is 412 g/mol. The first kappa shape index (κ1) is 22.1. The molecule has 2 amide bonds. The van der Waals surface area contributed by atoms with Crippen LogP contribution in [0.3, 0.4) is 0 Å². The smallest absolute Gasteiger partial charge is 0.251 e. The molecule has 0 heterocycles. The monoisotopic (exact) mass is 446 g/mol. The molecule has 2 aromatic carbocycles. The normalized spacial score (nSPS) is 27.4. The van der Waals surface area contributed by atoms with Gasteiger partial charge in [0, 0.05) is 31.2 Å². The van der Waals surface area contributed by atoms with Gasteiger partial charge in [0.25, 0.3) is 5.91 Å². The molecule has 0 spiro atoms. The minimum atomic E-state index is -0.116. The number of carbonyl (C=O) groups is 2. The van der Waals surface area contributed by atoms with Crippen LogP contribution in [0.2, 0.25) is 0 Å². The minimum absolute atomic E-state index is 0.101. The molecule has 2 N–H and O–H groups in total. The Balaban J connectivity index is 1.13. The third kappa shape index (κ3) is 4.84. The van der Waals surface area contributed by atoms with Crippen molar-refractivity contribution in [1.82, 2.24) is 10.6 Å². The average Bonchev–Trinajstić information content (AvgIpc) is 2.81. The zero-order chi connectivity index (χ0) is 22.8. The molecule has 0 saturated heterocycles. The van der Waals surface area contributed by atoms with Crippen molar-refractivity contribution in [2.24, 2.45) is 23.2 Å². The molecular formula is C28H34N2O3. The summed E-state index contributed by atoms with van der Waals surface area (Å²) >= 11 is 0. The molecule has 4 aliphatic rings. The van der Waals surface area contributed by atoms with Crippen molar-refractivity contribution in [1.29, 1.82) is 0 Å². The third-order valence-electron chi connectivity index (χ3n) is 7.94. The molecule has 2 aromatic rings. The highest BCUT2D eigenvalue weighted by molar-refractivity contribution is 5.94. The van der Waals surface area contributed by atoms with Crippen LogP contribution in [-0.2, 0) is 29.2 Å².